The number of aromatic nitrogens is 2. The summed E-state index contributed by atoms with van der Waals surface area (Å²) in [6.45, 7) is 2.14. The molecule has 0 aliphatic heterocycles. The topological polar surface area (TPSA) is 43.6 Å². The minimum atomic E-state index is -0.334. The zero-order valence-corrected chi connectivity index (χ0v) is 17.3. The minimum absolute atomic E-state index is 0.317. The van der Waals surface area contributed by atoms with E-state index in [4.69, 9.17) is 9.84 Å². The second-order valence-corrected chi connectivity index (χ2v) is 7.45. The molecule has 5 rings (SSSR count). The molecule has 0 atom stereocenters. The number of carbonyl (C=O) groups excluding carboxylic acids is 1. The maximum absolute atomic E-state index is 13.1. The number of esters is 1. The summed E-state index contributed by atoms with van der Waals surface area (Å²) >= 11 is 0. The highest BCUT2D eigenvalue weighted by atomic mass is 16.5. The SMILES string of the molecule is CCOC(=O)c1c(Cc2ccccc2)nn2c(-c3ccccc3)cc3ccccc3c12. The standard InChI is InChI=1S/C27H22N2O2/c1-2-31-27(30)25-23(17-19-11-5-3-6-12-19)28-29-24(20-13-7-4-8-14-20)18-21-15-9-10-16-22(21)26(25)29/h3-16,18H,2,17H2,1H3. The number of ether oxygens (including phenoxy) is 1. The van der Waals surface area contributed by atoms with Gasteiger partial charge >= 0.3 is 5.97 Å². The van der Waals surface area contributed by atoms with Gasteiger partial charge in [-0.2, -0.15) is 5.10 Å². The lowest BCUT2D eigenvalue weighted by Crippen LogP contribution is -2.08. The van der Waals surface area contributed by atoms with E-state index in [1.54, 1.807) is 0 Å². The van der Waals surface area contributed by atoms with Crippen LogP contribution in [0.3, 0.4) is 0 Å². The summed E-state index contributed by atoms with van der Waals surface area (Å²) in [6, 6.07) is 30.5. The van der Waals surface area contributed by atoms with Crippen molar-refractivity contribution in [3.05, 3.63) is 108 Å². The molecule has 0 fully saturated rings. The summed E-state index contributed by atoms with van der Waals surface area (Å²) < 4.78 is 7.38. The van der Waals surface area contributed by atoms with Crippen molar-refractivity contribution >= 4 is 22.3 Å². The third kappa shape index (κ3) is 3.46. The molecule has 0 amide bonds. The fourth-order valence-electron chi connectivity index (χ4n) is 4.08. The second kappa shape index (κ2) is 8.07. The number of rotatable bonds is 5. The van der Waals surface area contributed by atoms with Crippen LogP contribution in [0.15, 0.2) is 91.0 Å². The first-order valence-electron chi connectivity index (χ1n) is 10.5. The molecule has 0 aliphatic carbocycles. The highest BCUT2D eigenvalue weighted by Gasteiger charge is 2.24. The molecule has 5 aromatic rings. The zero-order chi connectivity index (χ0) is 21.2. The first kappa shape index (κ1) is 19.1. The fraction of sp³-hybridized carbons (Fsp3) is 0.111. The van der Waals surface area contributed by atoms with E-state index in [-0.39, 0.29) is 5.97 Å². The van der Waals surface area contributed by atoms with Gasteiger partial charge in [-0.15, -0.1) is 0 Å². The van der Waals surface area contributed by atoms with Gasteiger partial charge in [-0.25, -0.2) is 9.31 Å². The monoisotopic (exact) mass is 406 g/mol. The number of hydrogen-bond acceptors (Lipinski definition) is 3. The van der Waals surface area contributed by atoms with Gasteiger partial charge in [0, 0.05) is 17.4 Å². The van der Waals surface area contributed by atoms with Crippen LogP contribution in [0.25, 0.3) is 27.5 Å². The van der Waals surface area contributed by atoms with Crippen molar-refractivity contribution in [2.45, 2.75) is 13.3 Å². The largest absolute Gasteiger partial charge is 0.462 e. The molecule has 152 valence electrons. The van der Waals surface area contributed by atoms with Crippen LogP contribution in [0, 0.1) is 0 Å². The molecule has 0 N–H and O–H groups in total. The summed E-state index contributed by atoms with van der Waals surface area (Å²) in [7, 11) is 0. The molecule has 2 aromatic heterocycles. The molecule has 31 heavy (non-hydrogen) atoms. The molecule has 0 aliphatic rings. The Hall–Kier alpha value is -3.92. The Morgan fingerprint density at radius 2 is 1.58 bits per heavy atom. The molecule has 0 radical (unpaired) electrons. The van der Waals surface area contributed by atoms with Gasteiger partial charge in [-0.05, 0) is 23.9 Å². The molecule has 0 bridgehead atoms. The van der Waals surface area contributed by atoms with Crippen LogP contribution in [0.4, 0.5) is 0 Å². The molecule has 4 nitrogen and oxygen atoms in total. The average Bonchev–Trinajstić information content (AvgIpc) is 3.19. The van der Waals surface area contributed by atoms with Crippen LogP contribution < -0.4 is 0 Å². The van der Waals surface area contributed by atoms with Gasteiger partial charge in [-0.3, -0.25) is 0 Å². The summed E-state index contributed by atoms with van der Waals surface area (Å²) in [5.41, 5.74) is 5.14. The van der Waals surface area contributed by atoms with E-state index in [0.29, 0.717) is 18.6 Å². The van der Waals surface area contributed by atoms with Crippen LogP contribution >= 0.6 is 0 Å². The molecule has 0 unspecified atom stereocenters. The highest BCUT2D eigenvalue weighted by molar-refractivity contribution is 6.09. The Morgan fingerprint density at radius 1 is 0.903 bits per heavy atom. The molecular weight excluding hydrogens is 384 g/mol. The summed E-state index contributed by atoms with van der Waals surface area (Å²) in [4.78, 5) is 13.1. The van der Waals surface area contributed by atoms with Gasteiger partial charge in [0.15, 0.2) is 0 Å². The number of pyridine rings is 1. The zero-order valence-electron chi connectivity index (χ0n) is 17.3. The smallest absolute Gasteiger partial charge is 0.342 e. The van der Waals surface area contributed by atoms with Crippen molar-refractivity contribution in [1.29, 1.82) is 0 Å². The van der Waals surface area contributed by atoms with E-state index in [1.165, 1.54) is 0 Å². The summed E-state index contributed by atoms with van der Waals surface area (Å²) in [5.74, 6) is -0.334. The lowest BCUT2D eigenvalue weighted by Gasteiger charge is -2.10. The van der Waals surface area contributed by atoms with Crippen LogP contribution in [-0.4, -0.2) is 22.2 Å². The van der Waals surface area contributed by atoms with Gasteiger partial charge in [0.1, 0.15) is 5.56 Å². The van der Waals surface area contributed by atoms with Crippen LogP contribution in [0.1, 0.15) is 28.5 Å². The first-order chi connectivity index (χ1) is 15.3. The van der Waals surface area contributed by atoms with Gasteiger partial charge < -0.3 is 4.74 Å². The van der Waals surface area contributed by atoms with Crippen molar-refractivity contribution in [2.24, 2.45) is 0 Å². The van der Waals surface area contributed by atoms with Gasteiger partial charge in [0.2, 0.25) is 0 Å². The van der Waals surface area contributed by atoms with Crippen molar-refractivity contribution in [2.75, 3.05) is 6.61 Å². The van der Waals surface area contributed by atoms with Crippen LogP contribution in [0.5, 0.6) is 0 Å². The number of fused-ring (bicyclic) bond motifs is 3. The predicted molar refractivity (Wildman–Crippen MR) is 123 cm³/mol. The van der Waals surface area contributed by atoms with E-state index >= 15 is 0 Å². The van der Waals surface area contributed by atoms with Crippen molar-refractivity contribution < 1.29 is 9.53 Å². The van der Waals surface area contributed by atoms with Crippen molar-refractivity contribution in [3.8, 4) is 11.3 Å². The van der Waals surface area contributed by atoms with E-state index in [2.05, 4.69) is 36.4 Å². The molecule has 0 saturated carbocycles. The van der Waals surface area contributed by atoms with Gasteiger partial charge in [0.25, 0.3) is 0 Å². The molecule has 0 spiro atoms. The van der Waals surface area contributed by atoms with Crippen molar-refractivity contribution in [1.82, 2.24) is 9.61 Å². The summed E-state index contributed by atoms with van der Waals surface area (Å²) in [5, 5.41) is 7.00. The molecule has 0 saturated heterocycles. The number of hydrogen-bond donors (Lipinski definition) is 0. The Bertz CT molecular complexity index is 1370. The van der Waals surface area contributed by atoms with Crippen molar-refractivity contribution in [3.63, 3.8) is 0 Å². The number of benzene rings is 3. The third-order valence-electron chi connectivity index (χ3n) is 5.46. The molecular formula is C27H22N2O2. The van der Waals surface area contributed by atoms with Crippen LogP contribution in [-0.2, 0) is 11.2 Å². The molecule has 3 aromatic carbocycles. The van der Waals surface area contributed by atoms with E-state index in [1.807, 2.05) is 66.0 Å². The number of carbonyl (C=O) groups is 1. The Labute approximate surface area is 180 Å². The van der Waals surface area contributed by atoms with Gasteiger partial charge in [0.05, 0.1) is 23.5 Å². The first-order valence-corrected chi connectivity index (χ1v) is 10.5. The predicted octanol–water partition coefficient (Wildman–Crippen LogP) is 5.92. The summed E-state index contributed by atoms with van der Waals surface area (Å²) in [6.07, 6.45) is 0.555. The maximum atomic E-state index is 13.1. The van der Waals surface area contributed by atoms with E-state index in [0.717, 1.165) is 38.8 Å². The van der Waals surface area contributed by atoms with E-state index in [9.17, 15) is 4.79 Å². The third-order valence-corrected chi connectivity index (χ3v) is 5.46. The normalized spacial score (nSPS) is 11.1. The number of nitrogens with zero attached hydrogens (tertiary/aromatic N) is 2. The fourth-order valence-corrected chi connectivity index (χ4v) is 4.08. The van der Waals surface area contributed by atoms with Gasteiger partial charge in [-0.1, -0.05) is 84.9 Å². The quantitative estimate of drug-likeness (QED) is 0.340. The van der Waals surface area contributed by atoms with E-state index < -0.39 is 0 Å². The minimum Gasteiger partial charge on any atom is -0.462 e. The molecule has 4 heteroatoms. The Morgan fingerprint density at radius 3 is 2.32 bits per heavy atom. The average molecular weight is 406 g/mol. The highest BCUT2D eigenvalue weighted by Crippen LogP contribution is 2.32. The van der Waals surface area contributed by atoms with Crippen LogP contribution in [0.2, 0.25) is 0 Å². The lowest BCUT2D eigenvalue weighted by atomic mass is 10.0. The maximum Gasteiger partial charge on any atom is 0.342 e. The Balaban J connectivity index is 1.86. The lowest BCUT2D eigenvalue weighted by molar-refractivity contribution is 0.0527. The second-order valence-electron chi connectivity index (χ2n) is 7.45. The Kier molecular flexibility index (Phi) is 4.97. The molecule has 2 heterocycles.